The minimum atomic E-state index is -4.46. The van der Waals surface area contributed by atoms with E-state index in [0.29, 0.717) is 11.3 Å². The predicted molar refractivity (Wildman–Crippen MR) is 59.0 cm³/mol. The zero-order valence-electron chi connectivity index (χ0n) is 10.1. The molecule has 0 aromatic heterocycles. The van der Waals surface area contributed by atoms with Crippen LogP contribution >= 0.6 is 0 Å². The van der Waals surface area contributed by atoms with Crippen LogP contribution in [0, 0.1) is 0 Å². The molecule has 0 aromatic rings. The Morgan fingerprint density at radius 1 is 1.12 bits per heavy atom. The van der Waals surface area contributed by atoms with Gasteiger partial charge in [0.15, 0.2) is 0 Å². The van der Waals surface area contributed by atoms with Gasteiger partial charge in [0.1, 0.15) is 6.54 Å². The lowest BCUT2D eigenvalue weighted by Gasteiger charge is -2.20. The summed E-state index contributed by atoms with van der Waals surface area (Å²) in [5, 5.41) is 8.60. The first-order valence-electron chi connectivity index (χ1n) is 5.91. The number of rotatable bonds is 8. The highest BCUT2D eigenvalue weighted by molar-refractivity contribution is 5.64. The van der Waals surface area contributed by atoms with Crippen molar-refractivity contribution in [3.05, 3.63) is 0 Å². The molecule has 0 aliphatic rings. The van der Waals surface area contributed by atoms with E-state index in [-0.39, 0.29) is 6.54 Å². The third kappa shape index (κ3) is 9.96. The molecule has 6 heteroatoms. The van der Waals surface area contributed by atoms with Gasteiger partial charge >= 0.3 is 12.3 Å². The van der Waals surface area contributed by atoms with Gasteiger partial charge in [0.25, 0.3) is 0 Å². The molecule has 0 radical (unpaired) electrons. The number of hydrogen-bond donors (Lipinski definition) is 1. The fraction of sp³-hybridized carbons (Fsp3) is 0.909. The van der Waals surface area contributed by atoms with Gasteiger partial charge < -0.3 is 5.11 Å². The summed E-state index contributed by atoms with van der Waals surface area (Å²) in [5.41, 5.74) is 0. The summed E-state index contributed by atoms with van der Waals surface area (Å²) >= 11 is 0. The lowest BCUT2D eigenvalue weighted by Crippen LogP contribution is -2.38. The first-order valence-corrected chi connectivity index (χ1v) is 5.91. The number of carbonyl (C=O) groups is 1. The standard InChI is InChI=1S/C11H20F3NO2/c1-2-3-4-5-6-7-8-15(10(16)17)9-11(12,13)14/h2-9H2,1H3,(H,16,17). The summed E-state index contributed by atoms with van der Waals surface area (Å²) < 4.78 is 36.1. The van der Waals surface area contributed by atoms with Crippen molar-refractivity contribution in [2.24, 2.45) is 0 Å². The molecule has 0 aromatic carbocycles. The first-order chi connectivity index (χ1) is 7.87. The van der Waals surface area contributed by atoms with Crippen molar-refractivity contribution in [2.75, 3.05) is 13.1 Å². The van der Waals surface area contributed by atoms with Crippen LogP contribution in [0.3, 0.4) is 0 Å². The highest BCUT2D eigenvalue weighted by Crippen LogP contribution is 2.17. The highest BCUT2D eigenvalue weighted by atomic mass is 19.4. The SMILES string of the molecule is CCCCCCCCN(CC(F)(F)F)C(=O)O. The van der Waals surface area contributed by atoms with Crippen LogP contribution in [0.1, 0.15) is 45.4 Å². The zero-order valence-corrected chi connectivity index (χ0v) is 10.1. The Bertz CT molecular complexity index is 219. The van der Waals surface area contributed by atoms with Crippen molar-refractivity contribution in [3.8, 4) is 0 Å². The average Bonchev–Trinajstić information content (AvgIpc) is 2.19. The molecule has 0 atom stereocenters. The van der Waals surface area contributed by atoms with Gasteiger partial charge in [-0.25, -0.2) is 4.79 Å². The lowest BCUT2D eigenvalue weighted by molar-refractivity contribution is -0.142. The smallest absolute Gasteiger partial charge is 0.407 e. The maximum Gasteiger partial charge on any atom is 0.407 e. The zero-order chi connectivity index (χ0) is 13.3. The highest BCUT2D eigenvalue weighted by Gasteiger charge is 2.32. The van der Waals surface area contributed by atoms with E-state index in [0.717, 1.165) is 32.1 Å². The quantitative estimate of drug-likeness (QED) is 0.668. The third-order valence-corrected chi connectivity index (χ3v) is 2.42. The molecule has 0 spiro atoms. The summed E-state index contributed by atoms with van der Waals surface area (Å²) in [6.45, 7) is 0.660. The average molecular weight is 255 g/mol. The van der Waals surface area contributed by atoms with Gasteiger partial charge in [-0.2, -0.15) is 13.2 Å². The second kappa shape index (κ2) is 8.20. The van der Waals surface area contributed by atoms with Crippen molar-refractivity contribution >= 4 is 6.09 Å². The minimum Gasteiger partial charge on any atom is -0.465 e. The molecule has 0 saturated carbocycles. The number of alkyl halides is 3. The molecular weight excluding hydrogens is 235 g/mol. The monoisotopic (exact) mass is 255 g/mol. The summed E-state index contributed by atoms with van der Waals surface area (Å²) in [7, 11) is 0. The predicted octanol–water partition coefficient (Wildman–Crippen LogP) is 3.89. The molecule has 0 unspecified atom stereocenters. The van der Waals surface area contributed by atoms with Crippen molar-refractivity contribution in [3.63, 3.8) is 0 Å². The molecule has 0 aliphatic heterocycles. The van der Waals surface area contributed by atoms with Crippen LogP contribution in [-0.2, 0) is 0 Å². The summed E-state index contributed by atoms with van der Waals surface area (Å²) in [6.07, 6.45) is -0.457. The molecule has 1 amide bonds. The molecule has 1 N–H and O–H groups in total. The van der Waals surface area contributed by atoms with Gasteiger partial charge in [0.2, 0.25) is 0 Å². The molecule has 0 aliphatic carbocycles. The van der Waals surface area contributed by atoms with E-state index in [1.165, 1.54) is 0 Å². The number of halogens is 3. The second-order valence-corrected chi connectivity index (χ2v) is 4.09. The first kappa shape index (κ1) is 16.1. The Morgan fingerprint density at radius 2 is 1.65 bits per heavy atom. The van der Waals surface area contributed by atoms with Gasteiger partial charge in [-0.15, -0.1) is 0 Å². The molecule has 0 bridgehead atoms. The molecule has 102 valence electrons. The summed E-state index contributed by atoms with van der Waals surface area (Å²) in [6, 6.07) is 0. The van der Waals surface area contributed by atoms with E-state index in [2.05, 4.69) is 6.92 Å². The van der Waals surface area contributed by atoms with E-state index in [4.69, 9.17) is 5.11 Å². The van der Waals surface area contributed by atoms with Gasteiger partial charge in [0, 0.05) is 6.54 Å². The normalized spacial score (nSPS) is 11.5. The van der Waals surface area contributed by atoms with Crippen LogP contribution in [0.25, 0.3) is 0 Å². The fourth-order valence-corrected chi connectivity index (χ4v) is 1.54. The molecule has 0 saturated heterocycles. The Labute approximate surface area is 99.6 Å². The van der Waals surface area contributed by atoms with Crippen molar-refractivity contribution in [2.45, 2.75) is 51.6 Å². The van der Waals surface area contributed by atoms with Crippen molar-refractivity contribution < 1.29 is 23.1 Å². The van der Waals surface area contributed by atoms with Crippen LogP contribution in [0.4, 0.5) is 18.0 Å². The van der Waals surface area contributed by atoms with Crippen LogP contribution < -0.4 is 0 Å². The van der Waals surface area contributed by atoms with E-state index in [1.54, 1.807) is 0 Å². The fourth-order valence-electron chi connectivity index (χ4n) is 1.54. The van der Waals surface area contributed by atoms with E-state index in [1.807, 2.05) is 0 Å². The van der Waals surface area contributed by atoms with Crippen LogP contribution in [0.2, 0.25) is 0 Å². The topological polar surface area (TPSA) is 40.5 Å². The maximum absolute atomic E-state index is 12.0. The summed E-state index contributed by atoms with van der Waals surface area (Å²) in [4.78, 5) is 11.0. The third-order valence-electron chi connectivity index (χ3n) is 2.42. The molecule has 3 nitrogen and oxygen atoms in total. The van der Waals surface area contributed by atoms with E-state index >= 15 is 0 Å². The van der Waals surface area contributed by atoms with Gasteiger partial charge in [0.05, 0.1) is 0 Å². The lowest BCUT2D eigenvalue weighted by atomic mass is 10.1. The Balaban J connectivity index is 3.75. The number of hydrogen-bond acceptors (Lipinski definition) is 1. The van der Waals surface area contributed by atoms with E-state index < -0.39 is 18.8 Å². The van der Waals surface area contributed by atoms with Crippen molar-refractivity contribution in [1.82, 2.24) is 4.90 Å². The Hall–Kier alpha value is -0.940. The minimum absolute atomic E-state index is 0.0407. The van der Waals surface area contributed by atoms with E-state index in [9.17, 15) is 18.0 Å². The molecule has 17 heavy (non-hydrogen) atoms. The molecular formula is C11H20F3NO2. The maximum atomic E-state index is 12.0. The number of unbranched alkanes of at least 4 members (excludes halogenated alkanes) is 5. The van der Waals surface area contributed by atoms with Crippen LogP contribution in [-0.4, -0.2) is 35.4 Å². The van der Waals surface area contributed by atoms with Gasteiger partial charge in [-0.3, -0.25) is 4.90 Å². The molecule has 0 fully saturated rings. The summed E-state index contributed by atoms with van der Waals surface area (Å²) in [5.74, 6) is 0. The Morgan fingerprint density at radius 3 is 2.12 bits per heavy atom. The number of carboxylic acid groups (broad SMARTS) is 1. The number of nitrogens with zero attached hydrogens (tertiary/aromatic N) is 1. The van der Waals surface area contributed by atoms with Gasteiger partial charge in [-0.05, 0) is 6.42 Å². The number of amides is 1. The van der Waals surface area contributed by atoms with Crippen LogP contribution in [0.15, 0.2) is 0 Å². The second-order valence-electron chi connectivity index (χ2n) is 4.09. The van der Waals surface area contributed by atoms with Crippen molar-refractivity contribution in [1.29, 1.82) is 0 Å². The molecule has 0 heterocycles. The Kier molecular flexibility index (Phi) is 7.74. The molecule has 0 rings (SSSR count). The largest absolute Gasteiger partial charge is 0.465 e. The van der Waals surface area contributed by atoms with Gasteiger partial charge in [-0.1, -0.05) is 39.0 Å². The van der Waals surface area contributed by atoms with Crippen LogP contribution in [0.5, 0.6) is 0 Å².